The number of aryl methyl sites for hydroxylation is 1. The highest BCUT2D eigenvalue weighted by Crippen LogP contribution is 2.43. The number of unbranched alkanes of at least 4 members (excludes halogenated alkanes) is 20. The number of H-pyrrole nitrogens is 1. The van der Waals surface area contributed by atoms with E-state index in [2.05, 4.69) is 103 Å². The summed E-state index contributed by atoms with van der Waals surface area (Å²) >= 11 is 0. The Bertz CT molecular complexity index is 1120. The van der Waals surface area contributed by atoms with E-state index in [4.69, 9.17) is 0 Å². The zero-order valence-electron chi connectivity index (χ0n) is 31.1. The molecule has 2 atom stereocenters. The van der Waals surface area contributed by atoms with Crippen molar-refractivity contribution in [2.45, 2.75) is 193 Å². The Morgan fingerprint density at radius 1 is 0.553 bits per heavy atom. The summed E-state index contributed by atoms with van der Waals surface area (Å²) in [4.78, 5) is 3.81. The summed E-state index contributed by atoms with van der Waals surface area (Å²) in [6.07, 6.45) is 37.5. The van der Waals surface area contributed by atoms with Crippen LogP contribution < -0.4 is 4.57 Å². The van der Waals surface area contributed by atoms with Gasteiger partial charge in [0.15, 0.2) is 0 Å². The average Bonchev–Trinajstić information content (AvgIpc) is 3.56. The molecule has 0 amide bonds. The van der Waals surface area contributed by atoms with Crippen molar-refractivity contribution in [3.05, 3.63) is 90.0 Å². The Labute approximate surface area is 291 Å². The van der Waals surface area contributed by atoms with Gasteiger partial charge in [-0.05, 0) is 36.8 Å². The molecular formula is C45H73N2+. The molecule has 2 unspecified atom stereocenters. The standard InChI is InChI=1S/C45H72N2/c1-4-6-8-10-12-14-15-16-17-18-20-22-30-36-43(44-46-37-39-47(44)38-31-23-21-19-13-11-9-7-5-2)45(3,42-34-28-25-29-35-42)40-41-32-26-24-27-33-41/h24-29,32-35,37,39,43H,4-23,30-31,36,38,40H2,1-3H3/p+1. The normalized spacial score (nSPS) is 13.5. The van der Waals surface area contributed by atoms with E-state index in [-0.39, 0.29) is 5.41 Å². The third-order valence-electron chi connectivity index (χ3n) is 10.8. The van der Waals surface area contributed by atoms with E-state index in [1.165, 1.54) is 165 Å². The van der Waals surface area contributed by atoms with Crippen molar-refractivity contribution in [1.82, 2.24) is 4.98 Å². The number of rotatable bonds is 29. The number of imidazole rings is 1. The van der Waals surface area contributed by atoms with Gasteiger partial charge < -0.3 is 0 Å². The second kappa shape index (κ2) is 24.7. The highest BCUT2D eigenvalue weighted by molar-refractivity contribution is 5.32. The van der Waals surface area contributed by atoms with Gasteiger partial charge in [-0.3, -0.25) is 0 Å². The third kappa shape index (κ3) is 15.2. The van der Waals surface area contributed by atoms with Crippen LogP contribution >= 0.6 is 0 Å². The lowest BCUT2D eigenvalue weighted by Crippen LogP contribution is -2.43. The van der Waals surface area contributed by atoms with Crippen LogP contribution in [0.15, 0.2) is 73.1 Å². The Hall–Kier alpha value is -2.35. The monoisotopic (exact) mass is 642 g/mol. The smallest absolute Gasteiger partial charge is 0.247 e. The Kier molecular flexibility index (Phi) is 20.6. The van der Waals surface area contributed by atoms with Crippen molar-refractivity contribution >= 4 is 0 Å². The SMILES string of the molecule is CCCCCCCCCCCCCCCC(c1[nH]cc[n+]1CCCCCCCCCCC)C(C)(Cc1ccccc1)c1ccccc1. The molecule has 0 aliphatic rings. The van der Waals surface area contributed by atoms with Crippen LogP contribution in [0.3, 0.4) is 0 Å². The van der Waals surface area contributed by atoms with Gasteiger partial charge >= 0.3 is 0 Å². The highest BCUT2D eigenvalue weighted by Gasteiger charge is 2.41. The highest BCUT2D eigenvalue weighted by atomic mass is 15.1. The summed E-state index contributed by atoms with van der Waals surface area (Å²) in [5, 5.41) is 0. The fourth-order valence-corrected chi connectivity index (χ4v) is 7.85. The first-order chi connectivity index (χ1) is 23.2. The lowest BCUT2D eigenvalue weighted by molar-refractivity contribution is -0.705. The zero-order chi connectivity index (χ0) is 33.3. The molecule has 262 valence electrons. The molecule has 0 radical (unpaired) electrons. The number of nitrogens with zero attached hydrogens (tertiary/aromatic N) is 1. The Morgan fingerprint density at radius 3 is 1.51 bits per heavy atom. The summed E-state index contributed by atoms with van der Waals surface area (Å²) in [7, 11) is 0. The molecule has 1 heterocycles. The fourth-order valence-electron chi connectivity index (χ4n) is 7.85. The molecule has 0 saturated carbocycles. The van der Waals surface area contributed by atoms with Gasteiger partial charge in [0.2, 0.25) is 0 Å². The average molecular weight is 642 g/mol. The minimum atomic E-state index is 0.00480. The van der Waals surface area contributed by atoms with Crippen molar-refractivity contribution in [2.75, 3.05) is 0 Å². The summed E-state index contributed by atoms with van der Waals surface area (Å²) < 4.78 is 2.58. The lowest BCUT2D eigenvalue weighted by Gasteiger charge is -2.37. The molecule has 0 aliphatic carbocycles. The number of hydrogen-bond donors (Lipinski definition) is 1. The number of nitrogens with one attached hydrogen (secondary N) is 1. The van der Waals surface area contributed by atoms with Crippen LogP contribution in [-0.2, 0) is 18.4 Å². The molecule has 1 aromatic heterocycles. The molecule has 47 heavy (non-hydrogen) atoms. The second-order valence-corrected chi connectivity index (χ2v) is 14.9. The van der Waals surface area contributed by atoms with Gasteiger partial charge in [-0.25, -0.2) is 9.55 Å². The molecule has 2 aromatic carbocycles. The van der Waals surface area contributed by atoms with E-state index >= 15 is 0 Å². The molecule has 3 rings (SSSR count). The number of benzene rings is 2. The molecule has 0 fully saturated rings. The molecular weight excluding hydrogens is 569 g/mol. The van der Waals surface area contributed by atoms with E-state index in [0.717, 1.165) is 13.0 Å². The van der Waals surface area contributed by atoms with E-state index in [1.54, 1.807) is 0 Å². The van der Waals surface area contributed by atoms with E-state index < -0.39 is 0 Å². The minimum absolute atomic E-state index is 0.00480. The Morgan fingerprint density at radius 2 is 1.00 bits per heavy atom. The fraction of sp³-hybridized carbons (Fsp3) is 0.667. The molecule has 1 N–H and O–H groups in total. The Balaban J connectivity index is 1.61. The summed E-state index contributed by atoms with van der Waals surface area (Å²) in [6, 6.07) is 22.6. The van der Waals surface area contributed by atoms with E-state index in [1.807, 2.05) is 0 Å². The van der Waals surface area contributed by atoms with Gasteiger partial charge in [0, 0.05) is 5.41 Å². The van der Waals surface area contributed by atoms with Crippen molar-refractivity contribution < 1.29 is 4.57 Å². The topological polar surface area (TPSA) is 19.7 Å². The van der Waals surface area contributed by atoms with Crippen molar-refractivity contribution in [1.29, 1.82) is 0 Å². The van der Waals surface area contributed by atoms with Crippen LogP contribution in [0.5, 0.6) is 0 Å². The van der Waals surface area contributed by atoms with Crippen LogP contribution in [0.25, 0.3) is 0 Å². The molecule has 0 saturated heterocycles. The summed E-state index contributed by atoms with van der Waals surface area (Å²) in [5.41, 5.74) is 2.91. The van der Waals surface area contributed by atoms with Crippen molar-refractivity contribution in [3.8, 4) is 0 Å². The number of hydrogen-bond acceptors (Lipinski definition) is 0. The number of aromatic nitrogens is 2. The third-order valence-corrected chi connectivity index (χ3v) is 10.8. The first-order valence-electron chi connectivity index (χ1n) is 20.3. The minimum Gasteiger partial charge on any atom is -0.247 e. The van der Waals surface area contributed by atoms with E-state index in [0.29, 0.717) is 5.92 Å². The molecule has 0 bridgehead atoms. The predicted octanol–water partition coefficient (Wildman–Crippen LogP) is 13.6. The molecule has 0 aliphatic heterocycles. The van der Waals surface area contributed by atoms with Crippen LogP contribution in [0.2, 0.25) is 0 Å². The summed E-state index contributed by atoms with van der Waals surface area (Å²) in [5.74, 6) is 1.87. The first-order valence-corrected chi connectivity index (χ1v) is 20.3. The largest absolute Gasteiger partial charge is 0.258 e. The van der Waals surface area contributed by atoms with Gasteiger partial charge in [0.1, 0.15) is 12.4 Å². The zero-order valence-corrected chi connectivity index (χ0v) is 31.1. The maximum Gasteiger partial charge on any atom is 0.258 e. The molecule has 2 nitrogen and oxygen atoms in total. The summed E-state index contributed by atoms with van der Waals surface area (Å²) in [6.45, 7) is 8.29. The van der Waals surface area contributed by atoms with Crippen LogP contribution in [-0.4, -0.2) is 4.98 Å². The van der Waals surface area contributed by atoms with Gasteiger partial charge in [0.05, 0.1) is 12.5 Å². The number of aromatic amines is 1. The maximum absolute atomic E-state index is 3.81. The van der Waals surface area contributed by atoms with Gasteiger partial charge in [-0.2, -0.15) is 0 Å². The van der Waals surface area contributed by atoms with Crippen LogP contribution in [0, 0.1) is 0 Å². The maximum atomic E-state index is 3.81. The first kappa shape index (κ1) is 39.1. The van der Waals surface area contributed by atoms with Gasteiger partial charge in [-0.1, -0.05) is 210 Å². The van der Waals surface area contributed by atoms with E-state index in [9.17, 15) is 0 Å². The lowest BCUT2D eigenvalue weighted by atomic mass is 9.66. The quantitative estimate of drug-likeness (QED) is 0.0575. The van der Waals surface area contributed by atoms with Gasteiger partial charge in [-0.15, -0.1) is 0 Å². The van der Waals surface area contributed by atoms with Crippen LogP contribution in [0.1, 0.15) is 191 Å². The predicted molar refractivity (Wildman–Crippen MR) is 205 cm³/mol. The molecule has 3 aromatic rings. The van der Waals surface area contributed by atoms with Crippen molar-refractivity contribution in [2.24, 2.45) is 0 Å². The van der Waals surface area contributed by atoms with Crippen LogP contribution in [0.4, 0.5) is 0 Å². The van der Waals surface area contributed by atoms with Crippen molar-refractivity contribution in [3.63, 3.8) is 0 Å². The second-order valence-electron chi connectivity index (χ2n) is 14.9. The van der Waals surface area contributed by atoms with Gasteiger partial charge in [0.25, 0.3) is 5.82 Å². The molecule has 0 spiro atoms. The molecule has 2 heteroatoms.